The second kappa shape index (κ2) is 11.7. The summed E-state index contributed by atoms with van der Waals surface area (Å²) in [5.41, 5.74) is 3.74. The Morgan fingerprint density at radius 3 is 1.96 bits per heavy atom. The summed E-state index contributed by atoms with van der Waals surface area (Å²) in [6.07, 6.45) is -1.65. The first-order chi connectivity index (χ1) is 22.3. The number of aliphatic hydroxyl groups excluding tert-OH is 3. The van der Waals surface area contributed by atoms with Gasteiger partial charge in [0.25, 0.3) is 5.91 Å². The standard InChI is InChI=1S/C36H37N3O8/c1-18-21-14-15-22(39(16-19-10-6-4-7-11-19)17-20-12-8-5-9-13-20)29(40)24(21)30(41)25-23(18)31(42)27-28(38(2)3)32(43)26(35(37)46)34(45)36(27,47)33(25)44/h4-15,18,23,27-28,31,40-42,45,47H,16-17H2,1-3H3,(H2,37,46). The van der Waals surface area contributed by atoms with Gasteiger partial charge in [0, 0.05) is 24.6 Å². The molecule has 7 N–H and O–H groups in total. The third-order valence-corrected chi connectivity index (χ3v) is 9.88. The van der Waals surface area contributed by atoms with Gasteiger partial charge in [0.15, 0.2) is 11.4 Å². The quantitative estimate of drug-likeness (QED) is 0.210. The number of phenols is 1. The van der Waals surface area contributed by atoms with Crippen LogP contribution in [0.2, 0.25) is 0 Å². The van der Waals surface area contributed by atoms with E-state index >= 15 is 0 Å². The molecule has 0 saturated heterocycles. The van der Waals surface area contributed by atoms with Crippen molar-refractivity contribution in [1.29, 1.82) is 0 Å². The Morgan fingerprint density at radius 2 is 1.45 bits per heavy atom. The molecular formula is C36H37N3O8. The zero-order valence-corrected chi connectivity index (χ0v) is 26.2. The summed E-state index contributed by atoms with van der Waals surface area (Å²) >= 11 is 0. The topological polar surface area (TPSA) is 185 Å². The number of primary amides is 1. The number of rotatable bonds is 7. The van der Waals surface area contributed by atoms with E-state index < -0.39 is 75.6 Å². The van der Waals surface area contributed by atoms with Crippen LogP contribution >= 0.6 is 0 Å². The van der Waals surface area contributed by atoms with Crippen molar-refractivity contribution in [3.05, 3.63) is 112 Å². The van der Waals surface area contributed by atoms with Crippen LogP contribution in [0.3, 0.4) is 0 Å². The highest BCUT2D eigenvalue weighted by Crippen LogP contribution is 2.57. The van der Waals surface area contributed by atoms with Gasteiger partial charge < -0.3 is 36.2 Å². The number of fused-ring (bicyclic) bond motifs is 3. The number of aromatic hydroxyl groups is 1. The van der Waals surface area contributed by atoms with E-state index in [1.807, 2.05) is 65.6 Å². The number of likely N-dealkylation sites (N-methyl/N-ethyl adjacent to an activating group) is 1. The number of Topliss-reactive ketones (excluding diaryl/α,β-unsaturated/α-hetero) is 2. The molecule has 6 atom stereocenters. The smallest absolute Gasteiger partial charge is 0.255 e. The summed E-state index contributed by atoms with van der Waals surface area (Å²) in [4.78, 5) is 43.3. The zero-order chi connectivity index (χ0) is 33.9. The third-order valence-electron chi connectivity index (χ3n) is 9.88. The first kappa shape index (κ1) is 32.0. The number of carbonyl (C=O) groups excluding carboxylic acids is 3. The van der Waals surface area contributed by atoms with Gasteiger partial charge in [0.2, 0.25) is 5.78 Å². The van der Waals surface area contributed by atoms with Crippen molar-refractivity contribution in [1.82, 2.24) is 4.90 Å². The van der Waals surface area contributed by atoms with Gasteiger partial charge in [-0.1, -0.05) is 73.7 Å². The Hall–Kier alpha value is -4.97. The van der Waals surface area contributed by atoms with Crippen LogP contribution in [0.1, 0.15) is 35.1 Å². The van der Waals surface area contributed by atoms with Crippen molar-refractivity contribution < 1.29 is 39.9 Å². The highest BCUT2D eigenvalue weighted by atomic mass is 16.4. The van der Waals surface area contributed by atoms with Gasteiger partial charge in [-0.25, -0.2) is 0 Å². The molecule has 47 heavy (non-hydrogen) atoms. The Balaban J connectivity index is 1.53. The molecule has 3 aromatic rings. The highest BCUT2D eigenvalue weighted by Gasteiger charge is 2.68. The van der Waals surface area contributed by atoms with Crippen molar-refractivity contribution in [2.45, 2.75) is 43.7 Å². The third kappa shape index (κ3) is 4.81. The molecule has 1 saturated carbocycles. The van der Waals surface area contributed by atoms with Crippen molar-refractivity contribution in [3.8, 4) is 5.75 Å². The van der Waals surface area contributed by atoms with Crippen LogP contribution in [0.4, 0.5) is 5.69 Å². The molecule has 6 unspecified atom stereocenters. The number of amides is 1. The number of hydrogen-bond acceptors (Lipinski definition) is 10. The van der Waals surface area contributed by atoms with Gasteiger partial charge in [-0.15, -0.1) is 0 Å². The number of aliphatic hydroxyl groups is 4. The van der Waals surface area contributed by atoms with E-state index in [9.17, 15) is 39.9 Å². The summed E-state index contributed by atoms with van der Waals surface area (Å²) < 4.78 is 0. The van der Waals surface area contributed by atoms with E-state index in [1.54, 1.807) is 19.1 Å². The van der Waals surface area contributed by atoms with Crippen molar-refractivity contribution in [2.75, 3.05) is 19.0 Å². The number of nitrogens with two attached hydrogens (primary N) is 1. The van der Waals surface area contributed by atoms with Crippen LogP contribution < -0.4 is 10.6 Å². The minimum Gasteiger partial charge on any atom is -0.508 e. The number of nitrogens with zero attached hydrogens (tertiary/aromatic N) is 2. The molecule has 6 rings (SSSR count). The number of hydrogen-bond donors (Lipinski definition) is 6. The summed E-state index contributed by atoms with van der Waals surface area (Å²) in [6.45, 7) is 2.50. The molecule has 0 heterocycles. The zero-order valence-electron chi connectivity index (χ0n) is 26.2. The summed E-state index contributed by atoms with van der Waals surface area (Å²) in [5.74, 6) is -9.19. The normalized spacial score (nSPS) is 27.0. The molecule has 0 radical (unpaired) electrons. The molecule has 0 spiro atoms. The molecule has 11 heteroatoms. The number of benzene rings is 3. The van der Waals surface area contributed by atoms with Crippen molar-refractivity contribution in [3.63, 3.8) is 0 Å². The molecule has 1 amide bonds. The lowest BCUT2D eigenvalue weighted by molar-refractivity contribution is -0.169. The fourth-order valence-electron chi connectivity index (χ4n) is 7.69. The number of carbonyl (C=O) groups is 3. The van der Waals surface area contributed by atoms with Gasteiger partial charge in [-0.2, -0.15) is 0 Å². The van der Waals surface area contributed by atoms with E-state index in [4.69, 9.17) is 5.73 Å². The maximum absolute atomic E-state index is 14.3. The van der Waals surface area contributed by atoms with E-state index in [1.165, 1.54) is 19.0 Å². The number of phenolic OH excluding ortho intramolecular Hbond substituents is 1. The minimum absolute atomic E-state index is 0.0513. The number of ketones is 2. The molecule has 3 aromatic carbocycles. The van der Waals surface area contributed by atoms with Crippen LogP contribution in [-0.4, -0.2) is 79.7 Å². The second-order valence-electron chi connectivity index (χ2n) is 12.8. The van der Waals surface area contributed by atoms with Gasteiger partial charge in [0.05, 0.1) is 29.3 Å². The first-order valence-electron chi connectivity index (χ1n) is 15.3. The van der Waals surface area contributed by atoms with Gasteiger partial charge in [0.1, 0.15) is 22.8 Å². The highest BCUT2D eigenvalue weighted by molar-refractivity contribution is 6.24. The first-order valence-corrected chi connectivity index (χ1v) is 15.3. The van der Waals surface area contributed by atoms with Crippen molar-refractivity contribution >= 4 is 28.9 Å². The van der Waals surface area contributed by atoms with Crippen LogP contribution in [0.5, 0.6) is 5.75 Å². The monoisotopic (exact) mass is 639 g/mol. The Bertz CT molecular complexity index is 1800. The largest absolute Gasteiger partial charge is 0.508 e. The van der Waals surface area contributed by atoms with Gasteiger partial charge >= 0.3 is 0 Å². The average Bonchev–Trinajstić information content (AvgIpc) is 3.03. The lowest BCUT2D eigenvalue weighted by Gasteiger charge is -2.53. The summed E-state index contributed by atoms with van der Waals surface area (Å²) in [6, 6.07) is 21.3. The summed E-state index contributed by atoms with van der Waals surface area (Å²) in [7, 11) is 2.94. The van der Waals surface area contributed by atoms with Gasteiger partial charge in [-0.3, -0.25) is 19.3 Å². The Labute approximate surface area is 271 Å². The number of anilines is 1. The molecule has 0 aromatic heterocycles. The van der Waals surface area contributed by atoms with E-state index in [2.05, 4.69) is 0 Å². The second-order valence-corrected chi connectivity index (χ2v) is 12.8. The van der Waals surface area contributed by atoms with E-state index in [0.29, 0.717) is 24.3 Å². The minimum atomic E-state index is -2.97. The van der Waals surface area contributed by atoms with Crippen LogP contribution in [0, 0.1) is 11.8 Å². The maximum Gasteiger partial charge on any atom is 0.255 e. The molecule has 0 bridgehead atoms. The molecule has 3 aliphatic rings. The lowest BCUT2D eigenvalue weighted by Crippen LogP contribution is -2.70. The molecule has 1 fully saturated rings. The maximum atomic E-state index is 14.3. The molecule has 0 aliphatic heterocycles. The van der Waals surface area contributed by atoms with Crippen LogP contribution in [-0.2, 0) is 27.5 Å². The van der Waals surface area contributed by atoms with Gasteiger partial charge in [-0.05, 0) is 42.8 Å². The predicted octanol–water partition coefficient (Wildman–Crippen LogP) is 2.70. The Morgan fingerprint density at radius 1 is 0.894 bits per heavy atom. The Kier molecular flexibility index (Phi) is 7.95. The lowest BCUT2D eigenvalue weighted by atomic mass is 9.54. The van der Waals surface area contributed by atoms with E-state index in [0.717, 1.165) is 11.1 Å². The predicted molar refractivity (Wildman–Crippen MR) is 173 cm³/mol. The van der Waals surface area contributed by atoms with Crippen LogP contribution in [0.15, 0.2) is 89.7 Å². The fourth-order valence-corrected chi connectivity index (χ4v) is 7.69. The van der Waals surface area contributed by atoms with Crippen molar-refractivity contribution in [2.24, 2.45) is 17.6 Å². The SMILES string of the molecule is CC1c2ccc(N(Cc3ccccc3)Cc3ccccc3)c(O)c2C(O)=C2C(=O)C3(O)C(O)=C(C(N)=O)C(=O)C(N(C)C)C3C(O)C21. The molecule has 11 nitrogen and oxygen atoms in total. The molecule has 3 aliphatic carbocycles. The van der Waals surface area contributed by atoms with E-state index in [-0.39, 0.29) is 11.3 Å². The molecular weight excluding hydrogens is 602 g/mol. The summed E-state index contributed by atoms with van der Waals surface area (Å²) in [5, 5.41) is 58.6. The van der Waals surface area contributed by atoms with Crippen LogP contribution in [0.25, 0.3) is 5.76 Å². The molecule has 244 valence electrons. The average molecular weight is 640 g/mol. The fraction of sp³-hybridized carbons (Fsp3) is 0.306.